The van der Waals surface area contributed by atoms with Crippen LogP contribution in [0, 0.1) is 5.92 Å². The number of piperidine rings is 1. The molecule has 5 heteroatoms. The van der Waals surface area contributed by atoms with E-state index < -0.39 is 0 Å². The van der Waals surface area contributed by atoms with Gasteiger partial charge in [-0.05, 0) is 45.0 Å². The van der Waals surface area contributed by atoms with Crippen LogP contribution in [0.3, 0.4) is 0 Å². The van der Waals surface area contributed by atoms with Crippen molar-refractivity contribution in [2.75, 3.05) is 51.5 Å². The number of ether oxygens (including phenoxy) is 1. The molecule has 1 aromatic rings. The molecule has 2 rings (SSSR count). The van der Waals surface area contributed by atoms with Crippen LogP contribution in [-0.4, -0.2) is 51.7 Å². The van der Waals surface area contributed by atoms with Crippen LogP contribution in [0.2, 0.25) is 0 Å². The molecule has 116 valence electrons. The zero-order chi connectivity index (χ0) is 15.4. The van der Waals surface area contributed by atoms with Crippen LogP contribution < -0.4 is 10.6 Å². The zero-order valence-corrected chi connectivity index (χ0v) is 13.1. The Hall–Kier alpha value is -1.75. The molecule has 0 atom stereocenters. The van der Waals surface area contributed by atoms with E-state index in [1.165, 1.54) is 7.11 Å². The number of nitrogen functional groups attached to an aromatic ring is 1. The predicted molar refractivity (Wildman–Crippen MR) is 85.7 cm³/mol. The topological polar surface area (TPSA) is 58.8 Å². The maximum Gasteiger partial charge on any atom is 0.340 e. The molecule has 0 aliphatic carbocycles. The molecule has 0 aromatic heterocycles. The number of nitrogens with zero attached hydrogens (tertiary/aromatic N) is 2. The number of nitrogens with two attached hydrogens (primary N) is 1. The van der Waals surface area contributed by atoms with E-state index in [4.69, 9.17) is 10.5 Å². The van der Waals surface area contributed by atoms with Gasteiger partial charge in [0.05, 0.1) is 24.0 Å². The first kappa shape index (κ1) is 15.6. The summed E-state index contributed by atoms with van der Waals surface area (Å²) in [5.74, 6) is 0.359. The molecule has 1 saturated heterocycles. The molecule has 0 amide bonds. The maximum absolute atomic E-state index is 11.7. The molecule has 1 fully saturated rings. The number of carbonyl (C=O) groups is 1. The van der Waals surface area contributed by atoms with Crippen molar-refractivity contribution in [3.8, 4) is 0 Å². The lowest BCUT2D eigenvalue weighted by Crippen LogP contribution is -2.37. The first-order valence-corrected chi connectivity index (χ1v) is 7.39. The predicted octanol–water partition coefficient (Wildman–Crippen LogP) is 1.83. The molecule has 1 aliphatic heterocycles. The van der Waals surface area contributed by atoms with Gasteiger partial charge in [-0.1, -0.05) is 6.07 Å². The Bertz CT molecular complexity index is 494. The smallest absolute Gasteiger partial charge is 0.340 e. The Kier molecular flexibility index (Phi) is 5.07. The van der Waals surface area contributed by atoms with Crippen molar-refractivity contribution in [3.63, 3.8) is 0 Å². The molecule has 1 aromatic carbocycles. The lowest BCUT2D eigenvalue weighted by molar-refractivity contribution is 0.0602. The fourth-order valence-corrected chi connectivity index (χ4v) is 2.99. The van der Waals surface area contributed by atoms with Gasteiger partial charge in [-0.25, -0.2) is 4.79 Å². The molecule has 0 bridgehead atoms. The average Bonchev–Trinajstić information content (AvgIpc) is 2.47. The molecular formula is C16H25N3O2. The van der Waals surface area contributed by atoms with Gasteiger partial charge in [-0.15, -0.1) is 0 Å². The van der Waals surface area contributed by atoms with E-state index in [9.17, 15) is 4.79 Å². The van der Waals surface area contributed by atoms with Gasteiger partial charge >= 0.3 is 5.97 Å². The van der Waals surface area contributed by atoms with Gasteiger partial charge in [-0.2, -0.15) is 0 Å². The normalized spacial score (nSPS) is 16.3. The van der Waals surface area contributed by atoms with Gasteiger partial charge in [0, 0.05) is 19.6 Å². The highest BCUT2D eigenvalue weighted by molar-refractivity contribution is 5.98. The number of hydrogen-bond donors (Lipinski definition) is 1. The largest absolute Gasteiger partial charge is 0.465 e. The quantitative estimate of drug-likeness (QED) is 0.677. The number of anilines is 2. The third kappa shape index (κ3) is 3.67. The second-order valence-corrected chi connectivity index (χ2v) is 5.92. The highest BCUT2D eigenvalue weighted by Crippen LogP contribution is 2.30. The van der Waals surface area contributed by atoms with E-state index >= 15 is 0 Å². The lowest BCUT2D eigenvalue weighted by atomic mass is 9.95. The number of para-hydroxylation sites is 1. The van der Waals surface area contributed by atoms with Crippen LogP contribution in [0.5, 0.6) is 0 Å². The van der Waals surface area contributed by atoms with Crippen molar-refractivity contribution in [1.82, 2.24) is 4.90 Å². The minimum absolute atomic E-state index is 0.378. The van der Waals surface area contributed by atoms with Crippen molar-refractivity contribution in [1.29, 1.82) is 0 Å². The first-order chi connectivity index (χ1) is 10.0. The maximum atomic E-state index is 11.7. The average molecular weight is 291 g/mol. The van der Waals surface area contributed by atoms with E-state index in [2.05, 4.69) is 23.9 Å². The minimum atomic E-state index is -0.378. The second kappa shape index (κ2) is 6.80. The van der Waals surface area contributed by atoms with Crippen molar-refractivity contribution >= 4 is 17.3 Å². The number of benzene rings is 1. The summed E-state index contributed by atoms with van der Waals surface area (Å²) in [6.45, 7) is 3.09. The van der Waals surface area contributed by atoms with Crippen molar-refractivity contribution < 1.29 is 9.53 Å². The Morgan fingerprint density at radius 3 is 2.62 bits per heavy atom. The summed E-state index contributed by atoms with van der Waals surface area (Å²) in [7, 11) is 5.61. The van der Waals surface area contributed by atoms with E-state index in [-0.39, 0.29) is 5.97 Å². The molecule has 21 heavy (non-hydrogen) atoms. The van der Waals surface area contributed by atoms with Crippen LogP contribution in [0.1, 0.15) is 23.2 Å². The van der Waals surface area contributed by atoms with Gasteiger partial charge in [0.1, 0.15) is 0 Å². The van der Waals surface area contributed by atoms with Crippen LogP contribution in [0.15, 0.2) is 18.2 Å². The molecule has 2 N–H and O–H groups in total. The highest BCUT2D eigenvalue weighted by Gasteiger charge is 2.22. The molecule has 0 spiro atoms. The van der Waals surface area contributed by atoms with E-state index in [1.54, 1.807) is 6.07 Å². The number of hydrogen-bond acceptors (Lipinski definition) is 5. The van der Waals surface area contributed by atoms with E-state index in [0.717, 1.165) is 44.1 Å². The molecule has 5 nitrogen and oxygen atoms in total. The summed E-state index contributed by atoms with van der Waals surface area (Å²) >= 11 is 0. The summed E-state index contributed by atoms with van der Waals surface area (Å²) in [6.07, 6.45) is 2.31. The summed E-state index contributed by atoms with van der Waals surface area (Å²) in [5.41, 5.74) is 8.07. The number of rotatable bonds is 4. The van der Waals surface area contributed by atoms with Crippen LogP contribution in [0.4, 0.5) is 11.4 Å². The first-order valence-electron chi connectivity index (χ1n) is 7.39. The van der Waals surface area contributed by atoms with Crippen molar-refractivity contribution in [2.24, 2.45) is 5.92 Å². The van der Waals surface area contributed by atoms with Crippen LogP contribution in [-0.2, 0) is 4.74 Å². The van der Waals surface area contributed by atoms with Gasteiger partial charge in [0.15, 0.2) is 0 Å². The van der Waals surface area contributed by atoms with E-state index in [0.29, 0.717) is 11.3 Å². The van der Waals surface area contributed by atoms with Crippen LogP contribution >= 0.6 is 0 Å². The van der Waals surface area contributed by atoms with Gasteiger partial charge in [-0.3, -0.25) is 0 Å². The Morgan fingerprint density at radius 1 is 1.38 bits per heavy atom. The summed E-state index contributed by atoms with van der Waals surface area (Å²) < 4.78 is 4.78. The zero-order valence-electron chi connectivity index (χ0n) is 13.1. The molecule has 0 saturated carbocycles. The van der Waals surface area contributed by atoms with E-state index in [1.807, 2.05) is 12.1 Å². The Morgan fingerprint density at radius 2 is 2.05 bits per heavy atom. The highest BCUT2D eigenvalue weighted by atomic mass is 16.5. The number of methoxy groups -OCH3 is 1. The van der Waals surface area contributed by atoms with Crippen molar-refractivity contribution in [3.05, 3.63) is 23.8 Å². The molecular weight excluding hydrogens is 266 g/mol. The van der Waals surface area contributed by atoms with Gasteiger partial charge in [0.25, 0.3) is 0 Å². The monoisotopic (exact) mass is 291 g/mol. The molecule has 1 heterocycles. The van der Waals surface area contributed by atoms with Gasteiger partial charge < -0.3 is 20.3 Å². The summed E-state index contributed by atoms with van der Waals surface area (Å²) in [4.78, 5) is 16.2. The Labute approximate surface area is 126 Å². The third-order valence-corrected chi connectivity index (χ3v) is 4.07. The number of esters is 1. The van der Waals surface area contributed by atoms with Crippen LogP contribution in [0.25, 0.3) is 0 Å². The number of carbonyl (C=O) groups excluding carboxylic acids is 1. The van der Waals surface area contributed by atoms with Crippen molar-refractivity contribution in [2.45, 2.75) is 12.8 Å². The third-order valence-electron chi connectivity index (χ3n) is 4.07. The Balaban J connectivity index is 2.08. The summed E-state index contributed by atoms with van der Waals surface area (Å²) in [6, 6.07) is 5.56. The molecule has 1 aliphatic rings. The standard InChI is InChI=1S/C16H25N3O2/c1-18(2)11-12-7-9-19(10-8-12)14-6-4-5-13(15(14)17)16(20)21-3/h4-6,12H,7-11,17H2,1-3H3. The fourth-order valence-electron chi connectivity index (χ4n) is 2.99. The van der Waals surface area contributed by atoms with Gasteiger partial charge in [0.2, 0.25) is 0 Å². The SMILES string of the molecule is COC(=O)c1cccc(N2CCC(CN(C)C)CC2)c1N. The fraction of sp³-hybridized carbons (Fsp3) is 0.562. The summed E-state index contributed by atoms with van der Waals surface area (Å²) in [5, 5.41) is 0. The molecule has 0 unspecified atom stereocenters. The molecule has 0 radical (unpaired) electrons. The minimum Gasteiger partial charge on any atom is -0.465 e. The lowest BCUT2D eigenvalue weighted by Gasteiger charge is -2.35. The second-order valence-electron chi connectivity index (χ2n) is 5.92.